The van der Waals surface area contributed by atoms with Crippen molar-refractivity contribution in [2.24, 2.45) is 0 Å². The second kappa shape index (κ2) is 4.15. The van der Waals surface area contributed by atoms with E-state index in [-0.39, 0.29) is 12.6 Å². The largest absolute Gasteiger partial charge is 0.475 e. The van der Waals surface area contributed by atoms with E-state index >= 15 is 0 Å². The van der Waals surface area contributed by atoms with Crippen LogP contribution in [0.15, 0.2) is 28.8 Å². The fourth-order valence-electron chi connectivity index (χ4n) is 1.74. The van der Waals surface area contributed by atoms with E-state index in [1.54, 1.807) is 6.07 Å². The van der Waals surface area contributed by atoms with Gasteiger partial charge >= 0.3 is 5.97 Å². The Labute approximate surface area is 102 Å². The number of aromatic carboxylic acids is 1. The molecule has 1 aromatic heterocycles. The normalized spacial score (nSPS) is 13.8. The lowest BCUT2D eigenvalue weighted by molar-refractivity contribution is -0.0163. The molecule has 0 radical (unpaired) electrons. The van der Waals surface area contributed by atoms with Crippen molar-refractivity contribution >= 4 is 5.97 Å². The van der Waals surface area contributed by atoms with Crippen LogP contribution in [0.5, 0.6) is 5.75 Å². The maximum Gasteiger partial charge on any atom is 0.374 e. The van der Waals surface area contributed by atoms with Gasteiger partial charge in [-0.15, -0.1) is 0 Å². The highest BCUT2D eigenvalue weighted by molar-refractivity contribution is 5.85. The number of benzene rings is 1. The van der Waals surface area contributed by atoms with Crippen LogP contribution in [0.2, 0.25) is 0 Å². The summed E-state index contributed by atoms with van der Waals surface area (Å²) < 4.78 is 15.2. The Morgan fingerprint density at radius 3 is 3.00 bits per heavy atom. The summed E-state index contributed by atoms with van der Waals surface area (Å²) in [6.07, 6.45) is 0. The zero-order chi connectivity index (χ0) is 12.5. The van der Waals surface area contributed by atoms with Crippen molar-refractivity contribution in [1.29, 1.82) is 0 Å². The van der Waals surface area contributed by atoms with Crippen molar-refractivity contribution in [2.45, 2.75) is 6.61 Å². The molecule has 0 atom stereocenters. The first-order valence-electron chi connectivity index (χ1n) is 5.28. The van der Waals surface area contributed by atoms with Crippen molar-refractivity contribution in [3.63, 3.8) is 0 Å². The van der Waals surface area contributed by atoms with Crippen LogP contribution >= 0.6 is 0 Å². The first-order chi connectivity index (χ1) is 8.74. The average molecular weight is 247 g/mol. The van der Waals surface area contributed by atoms with Crippen molar-refractivity contribution in [3.8, 4) is 17.0 Å². The third-order valence-corrected chi connectivity index (χ3v) is 2.64. The SMILES string of the molecule is O=C(O)c1cc(-c2ccc3c(c2)OCOC3)no1. The van der Waals surface area contributed by atoms with Gasteiger partial charge < -0.3 is 19.1 Å². The quantitative estimate of drug-likeness (QED) is 0.872. The fourth-order valence-corrected chi connectivity index (χ4v) is 1.74. The average Bonchev–Trinajstić information content (AvgIpc) is 2.88. The Morgan fingerprint density at radius 2 is 2.22 bits per heavy atom. The van der Waals surface area contributed by atoms with Gasteiger partial charge in [-0.2, -0.15) is 0 Å². The molecule has 0 bridgehead atoms. The van der Waals surface area contributed by atoms with Gasteiger partial charge in [0.1, 0.15) is 11.4 Å². The van der Waals surface area contributed by atoms with Gasteiger partial charge in [-0.25, -0.2) is 4.79 Å². The monoisotopic (exact) mass is 247 g/mol. The third-order valence-electron chi connectivity index (χ3n) is 2.64. The molecule has 6 nitrogen and oxygen atoms in total. The highest BCUT2D eigenvalue weighted by atomic mass is 16.7. The molecule has 0 saturated heterocycles. The van der Waals surface area contributed by atoms with Crippen LogP contribution < -0.4 is 4.74 Å². The van der Waals surface area contributed by atoms with Crippen LogP contribution in [0.3, 0.4) is 0 Å². The molecule has 1 N–H and O–H groups in total. The highest BCUT2D eigenvalue weighted by Crippen LogP contribution is 2.29. The van der Waals surface area contributed by atoms with Crippen LogP contribution in [0, 0.1) is 0 Å². The molecule has 1 aliphatic heterocycles. The Hall–Kier alpha value is -2.34. The molecular weight excluding hydrogens is 238 g/mol. The predicted molar refractivity (Wildman–Crippen MR) is 59.2 cm³/mol. The van der Waals surface area contributed by atoms with Crippen molar-refractivity contribution in [3.05, 3.63) is 35.6 Å². The number of carbonyl (C=O) groups is 1. The molecular formula is C12H9NO5. The molecule has 1 aliphatic rings. The van der Waals surface area contributed by atoms with E-state index in [0.717, 1.165) is 16.9 Å². The Balaban J connectivity index is 1.98. The molecule has 0 saturated carbocycles. The van der Waals surface area contributed by atoms with Crippen molar-refractivity contribution in [2.75, 3.05) is 6.79 Å². The molecule has 3 rings (SSSR count). The third kappa shape index (κ3) is 1.82. The molecule has 92 valence electrons. The summed E-state index contributed by atoms with van der Waals surface area (Å²) in [6.45, 7) is 0.727. The van der Waals surface area contributed by atoms with E-state index in [1.165, 1.54) is 6.07 Å². The van der Waals surface area contributed by atoms with Crippen LogP contribution in [-0.4, -0.2) is 23.0 Å². The standard InChI is InChI=1S/C12H9NO5/c14-12(15)11-4-9(13-18-11)7-1-2-8-5-16-6-17-10(8)3-7/h1-4H,5-6H2,(H,14,15). The van der Waals surface area contributed by atoms with Gasteiger partial charge in [0.05, 0.1) is 6.61 Å². The second-order valence-corrected chi connectivity index (χ2v) is 3.81. The summed E-state index contributed by atoms with van der Waals surface area (Å²) in [5.41, 5.74) is 2.16. The smallest absolute Gasteiger partial charge is 0.374 e. The van der Waals surface area contributed by atoms with E-state index < -0.39 is 5.97 Å². The number of aromatic nitrogens is 1. The number of carboxylic acid groups (broad SMARTS) is 1. The van der Waals surface area contributed by atoms with Gasteiger partial charge in [0, 0.05) is 17.2 Å². The summed E-state index contributed by atoms with van der Waals surface area (Å²) in [4.78, 5) is 10.7. The van der Waals surface area contributed by atoms with E-state index in [9.17, 15) is 4.79 Å². The predicted octanol–water partition coefficient (Wildman–Crippen LogP) is 1.91. The van der Waals surface area contributed by atoms with Crippen molar-refractivity contribution in [1.82, 2.24) is 5.16 Å². The summed E-state index contributed by atoms with van der Waals surface area (Å²) in [5.74, 6) is -0.609. The number of hydrogen-bond donors (Lipinski definition) is 1. The van der Waals surface area contributed by atoms with Gasteiger partial charge in [0.2, 0.25) is 5.76 Å². The summed E-state index contributed by atoms with van der Waals surface area (Å²) in [7, 11) is 0. The Morgan fingerprint density at radius 1 is 1.33 bits per heavy atom. The number of rotatable bonds is 2. The molecule has 0 amide bonds. The van der Waals surface area contributed by atoms with Crippen LogP contribution in [0.25, 0.3) is 11.3 Å². The summed E-state index contributed by atoms with van der Waals surface area (Å²) >= 11 is 0. The van der Waals surface area contributed by atoms with Crippen LogP contribution in [0.1, 0.15) is 16.1 Å². The first kappa shape index (κ1) is 10.8. The number of fused-ring (bicyclic) bond motifs is 1. The summed E-state index contributed by atoms with van der Waals surface area (Å²) in [5, 5.41) is 12.5. The topological polar surface area (TPSA) is 81.8 Å². The first-order valence-corrected chi connectivity index (χ1v) is 5.28. The lowest BCUT2D eigenvalue weighted by atomic mass is 10.1. The number of carboxylic acids is 1. The zero-order valence-electron chi connectivity index (χ0n) is 9.25. The lowest BCUT2D eigenvalue weighted by Gasteiger charge is -2.17. The maximum absolute atomic E-state index is 10.7. The molecule has 0 fully saturated rings. The van der Waals surface area contributed by atoms with Gasteiger partial charge in [-0.3, -0.25) is 0 Å². The van der Waals surface area contributed by atoms with Crippen LogP contribution in [-0.2, 0) is 11.3 Å². The Kier molecular flexibility index (Phi) is 2.49. The molecule has 6 heteroatoms. The van der Waals surface area contributed by atoms with Crippen LogP contribution in [0.4, 0.5) is 0 Å². The highest BCUT2D eigenvalue weighted by Gasteiger charge is 2.15. The second-order valence-electron chi connectivity index (χ2n) is 3.81. The number of ether oxygens (including phenoxy) is 2. The van der Waals surface area contributed by atoms with E-state index in [1.807, 2.05) is 12.1 Å². The zero-order valence-corrected chi connectivity index (χ0v) is 9.25. The fraction of sp³-hybridized carbons (Fsp3) is 0.167. The molecule has 2 aromatic rings. The Bertz CT molecular complexity index is 604. The molecule has 1 aromatic carbocycles. The minimum Gasteiger partial charge on any atom is -0.475 e. The minimum absolute atomic E-state index is 0.188. The molecule has 2 heterocycles. The van der Waals surface area contributed by atoms with E-state index in [2.05, 4.69) is 5.16 Å². The van der Waals surface area contributed by atoms with Gasteiger partial charge in [-0.05, 0) is 6.07 Å². The van der Waals surface area contributed by atoms with Gasteiger partial charge in [-0.1, -0.05) is 17.3 Å². The van der Waals surface area contributed by atoms with E-state index in [4.69, 9.17) is 19.1 Å². The van der Waals surface area contributed by atoms with Crippen molar-refractivity contribution < 1.29 is 23.9 Å². The number of nitrogens with zero attached hydrogens (tertiary/aromatic N) is 1. The summed E-state index contributed by atoms with van der Waals surface area (Å²) in [6, 6.07) is 6.85. The minimum atomic E-state index is -1.14. The van der Waals surface area contributed by atoms with Gasteiger partial charge in [0.15, 0.2) is 6.79 Å². The van der Waals surface area contributed by atoms with E-state index in [0.29, 0.717) is 12.3 Å². The maximum atomic E-state index is 10.7. The molecule has 18 heavy (non-hydrogen) atoms. The molecule has 0 spiro atoms. The molecule has 0 aliphatic carbocycles. The lowest BCUT2D eigenvalue weighted by Crippen LogP contribution is -2.10. The van der Waals surface area contributed by atoms with Gasteiger partial charge in [0.25, 0.3) is 0 Å². The number of hydrogen-bond acceptors (Lipinski definition) is 5. The molecule has 0 unspecified atom stereocenters.